The molecule has 3 rings (SSSR count). The molecule has 4 atom stereocenters. The van der Waals surface area contributed by atoms with Crippen molar-refractivity contribution in [3.05, 3.63) is 24.3 Å². The number of ether oxygens (including phenoxy) is 4. The number of rotatable bonds is 7. The lowest BCUT2D eigenvalue weighted by molar-refractivity contribution is -0.150. The van der Waals surface area contributed by atoms with Crippen molar-refractivity contribution in [2.24, 2.45) is 0 Å². The highest BCUT2D eigenvalue weighted by molar-refractivity contribution is 7.89. The van der Waals surface area contributed by atoms with E-state index >= 15 is 0 Å². The van der Waals surface area contributed by atoms with Crippen LogP contribution in [0.15, 0.2) is 29.2 Å². The summed E-state index contributed by atoms with van der Waals surface area (Å²) in [5, 5.41) is 2.57. The molecule has 10 nitrogen and oxygen atoms in total. The number of sulfonamides is 1. The Morgan fingerprint density at radius 1 is 1.14 bits per heavy atom. The predicted molar refractivity (Wildman–Crippen MR) is 96.1 cm³/mol. The molecule has 2 aliphatic heterocycles. The summed E-state index contributed by atoms with van der Waals surface area (Å²) in [5.74, 6) is -0.758. The smallest absolute Gasteiger partial charge is 0.331 e. The summed E-state index contributed by atoms with van der Waals surface area (Å²) in [7, 11) is -2.55. The van der Waals surface area contributed by atoms with Crippen LogP contribution in [0.3, 0.4) is 0 Å². The van der Waals surface area contributed by atoms with Gasteiger partial charge in [-0.1, -0.05) is 0 Å². The zero-order chi connectivity index (χ0) is 20.3. The van der Waals surface area contributed by atoms with Crippen LogP contribution in [0, 0.1) is 0 Å². The number of fused-ring (bicyclic) bond motifs is 1. The minimum atomic E-state index is -3.81. The Morgan fingerprint density at radius 2 is 1.82 bits per heavy atom. The van der Waals surface area contributed by atoms with Gasteiger partial charge in [0.1, 0.15) is 24.9 Å². The zero-order valence-corrected chi connectivity index (χ0v) is 16.2. The van der Waals surface area contributed by atoms with Crippen molar-refractivity contribution in [3.8, 4) is 0 Å². The summed E-state index contributed by atoms with van der Waals surface area (Å²) < 4.78 is 49.1. The highest BCUT2D eigenvalue weighted by Crippen LogP contribution is 2.30. The average Bonchev–Trinajstić information content (AvgIpc) is 3.22. The van der Waals surface area contributed by atoms with Crippen molar-refractivity contribution in [2.75, 3.05) is 32.2 Å². The first-order chi connectivity index (χ1) is 13.3. The third kappa shape index (κ3) is 4.67. The van der Waals surface area contributed by atoms with E-state index in [9.17, 15) is 18.0 Å². The van der Waals surface area contributed by atoms with E-state index in [1.54, 1.807) is 0 Å². The van der Waals surface area contributed by atoms with E-state index in [1.807, 2.05) is 0 Å². The van der Waals surface area contributed by atoms with Crippen LogP contribution < -0.4 is 10.0 Å². The molecule has 0 spiro atoms. The van der Waals surface area contributed by atoms with Gasteiger partial charge in [-0.15, -0.1) is 0 Å². The maximum atomic E-state index is 12.6. The molecule has 1 amide bonds. The Bertz CT molecular complexity index is 826. The van der Waals surface area contributed by atoms with Crippen LogP contribution in [-0.4, -0.2) is 71.6 Å². The molecule has 2 saturated heterocycles. The third-order valence-corrected chi connectivity index (χ3v) is 5.95. The predicted octanol–water partition coefficient (Wildman–Crippen LogP) is -0.352. The number of hydrogen-bond donors (Lipinski definition) is 2. The highest BCUT2D eigenvalue weighted by Gasteiger charge is 2.49. The van der Waals surface area contributed by atoms with E-state index < -0.39 is 40.3 Å². The van der Waals surface area contributed by atoms with Crippen molar-refractivity contribution in [1.82, 2.24) is 4.72 Å². The lowest BCUT2D eigenvalue weighted by Crippen LogP contribution is -2.44. The molecule has 154 valence electrons. The molecule has 1 aromatic rings. The molecule has 2 N–H and O–H groups in total. The number of methoxy groups -OCH3 is 1. The molecule has 0 aliphatic carbocycles. The fourth-order valence-electron chi connectivity index (χ4n) is 3.13. The van der Waals surface area contributed by atoms with Crippen LogP contribution in [0.4, 0.5) is 5.69 Å². The first-order valence-corrected chi connectivity index (χ1v) is 10.1. The van der Waals surface area contributed by atoms with Crippen molar-refractivity contribution < 1.29 is 37.0 Å². The van der Waals surface area contributed by atoms with Gasteiger partial charge in [0.05, 0.1) is 31.3 Å². The second kappa shape index (κ2) is 8.53. The lowest BCUT2D eigenvalue weighted by atomic mass is 10.1. The normalized spacial score (nSPS) is 26.6. The second-order valence-corrected chi connectivity index (χ2v) is 8.17. The Kier molecular flexibility index (Phi) is 6.30. The van der Waals surface area contributed by atoms with Gasteiger partial charge in [-0.3, -0.25) is 4.79 Å². The van der Waals surface area contributed by atoms with E-state index in [-0.39, 0.29) is 30.6 Å². The van der Waals surface area contributed by atoms with Crippen LogP contribution in [-0.2, 0) is 38.6 Å². The summed E-state index contributed by atoms with van der Waals surface area (Å²) in [6.45, 7) is 1.45. The minimum Gasteiger partial charge on any atom is -0.467 e. The molecule has 0 bridgehead atoms. The van der Waals surface area contributed by atoms with Gasteiger partial charge < -0.3 is 24.3 Å². The Hall–Kier alpha value is -2.05. The topological polar surface area (TPSA) is 129 Å². The minimum absolute atomic E-state index is 0.0570. The highest BCUT2D eigenvalue weighted by atomic mass is 32.2. The quantitative estimate of drug-likeness (QED) is 0.579. The van der Waals surface area contributed by atoms with E-state index in [0.29, 0.717) is 5.69 Å². The molecule has 0 unspecified atom stereocenters. The Balaban J connectivity index is 1.61. The number of carbonyl (C=O) groups is 2. The van der Waals surface area contributed by atoms with Gasteiger partial charge in [-0.05, 0) is 24.3 Å². The van der Waals surface area contributed by atoms with E-state index in [4.69, 9.17) is 14.2 Å². The molecule has 2 aliphatic rings. The number of benzene rings is 1. The first kappa shape index (κ1) is 20.7. The van der Waals surface area contributed by atoms with Crippen LogP contribution >= 0.6 is 0 Å². The second-order valence-electron chi connectivity index (χ2n) is 6.45. The van der Waals surface area contributed by atoms with Gasteiger partial charge in [-0.25, -0.2) is 17.9 Å². The molecule has 1 aromatic carbocycles. The van der Waals surface area contributed by atoms with Gasteiger partial charge in [0.25, 0.3) is 0 Å². The number of anilines is 1. The monoisotopic (exact) mass is 414 g/mol. The number of amides is 1. The third-order valence-electron chi connectivity index (χ3n) is 4.44. The lowest BCUT2D eigenvalue weighted by Gasteiger charge is -2.18. The zero-order valence-electron chi connectivity index (χ0n) is 15.4. The first-order valence-electron chi connectivity index (χ1n) is 8.62. The van der Waals surface area contributed by atoms with Gasteiger partial charge >= 0.3 is 5.97 Å². The molecule has 2 heterocycles. The maximum Gasteiger partial charge on any atom is 0.331 e. The summed E-state index contributed by atoms with van der Waals surface area (Å²) in [6, 6.07) is 5.23. The van der Waals surface area contributed by atoms with Gasteiger partial charge in [0.15, 0.2) is 0 Å². The summed E-state index contributed by atoms with van der Waals surface area (Å²) >= 11 is 0. The van der Waals surface area contributed by atoms with E-state index in [0.717, 1.165) is 0 Å². The van der Waals surface area contributed by atoms with Crippen LogP contribution in [0.2, 0.25) is 0 Å². The maximum absolute atomic E-state index is 12.6. The Morgan fingerprint density at radius 3 is 2.46 bits per heavy atom. The van der Waals surface area contributed by atoms with Crippen molar-refractivity contribution >= 4 is 27.6 Å². The molecule has 0 saturated carbocycles. The number of carbonyl (C=O) groups excluding carboxylic acids is 2. The average molecular weight is 414 g/mol. The van der Waals surface area contributed by atoms with E-state index in [2.05, 4.69) is 14.8 Å². The standard InChI is InChI=1S/C17H22N2O8S/c1-10(20)18-11-3-5-12(6-4-11)28(22,23)19-13-7-26-17-14(8-27-16(13)17)25-9-15(21)24-2/h3-6,13-14,16-17,19H,7-9H2,1-2H3,(H,18,20)/t13-,14+,16+,17+/m0/s1. The van der Waals surface area contributed by atoms with Gasteiger partial charge in [0, 0.05) is 12.6 Å². The fourth-order valence-corrected chi connectivity index (χ4v) is 4.36. The summed E-state index contributed by atoms with van der Waals surface area (Å²) in [4.78, 5) is 22.3. The van der Waals surface area contributed by atoms with Crippen LogP contribution in [0.1, 0.15) is 6.92 Å². The van der Waals surface area contributed by atoms with Crippen LogP contribution in [0.25, 0.3) is 0 Å². The van der Waals surface area contributed by atoms with Crippen molar-refractivity contribution in [2.45, 2.75) is 36.2 Å². The number of hydrogen-bond acceptors (Lipinski definition) is 8. The Labute approximate surface area is 162 Å². The molecule has 11 heteroatoms. The SMILES string of the molecule is COC(=O)CO[C@@H]1CO[C@H]2[C@@H]1OC[C@@H]2NS(=O)(=O)c1ccc(NC(C)=O)cc1. The molecular weight excluding hydrogens is 392 g/mol. The fraction of sp³-hybridized carbons (Fsp3) is 0.529. The summed E-state index contributed by atoms with van der Waals surface area (Å²) in [6.07, 6.45) is -1.47. The summed E-state index contributed by atoms with van der Waals surface area (Å²) in [5.41, 5.74) is 0.500. The van der Waals surface area contributed by atoms with Crippen molar-refractivity contribution in [1.29, 1.82) is 0 Å². The van der Waals surface area contributed by atoms with Crippen molar-refractivity contribution in [3.63, 3.8) is 0 Å². The van der Waals surface area contributed by atoms with E-state index in [1.165, 1.54) is 38.3 Å². The molecule has 2 fully saturated rings. The molecule has 0 radical (unpaired) electrons. The number of nitrogens with one attached hydrogen (secondary N) is 2. The van der Waals surface area contributed by atoms with Gasteiger partial charge in [0.2, 0.25) is 15.9 Å². The van der Waals surface area contributed by atoms with Crippen LogP contribution in [0.5, 0.6) is 0 Å². The molecular formula is C17H22N2O8S. The van der Waals surface area contributed by atoms with Gasteiger partial charge in [-0.2, -0.15) is 0 Å². The molecule has 0 aromatic heterocycles. The molecule has 28 heavy (non-hydrogen) atoms. The largest absolute Gasteiger partial charge is 0.467 e. The number of esters is 1.